The van der Waals surface area contributed by atoms with Gasteiger partial charge < -0.3 is 24.8 Å². The fourth-order valence-corrected chi connectivity index (χ4v) is 8.56. The number of nitrogens with one attached hydrogen (secondary N) is 2. The molecule has 4 amide bonds. The van der Waals surface area contributed by atoms with Crippen molar-refractivity contribution in [3.8, 4) is 0 Å². The van der Waals surface area contributed by atoms with Gasteiger partial charge in [-0.25, -0.2) is 36.6 Å². The summed E-state index contributed by atoms with van der Waals surface area (Å²) in [6.45, 7) is 7.82. The van der Waals surface area contributed by atoms with Crippen LogP contribution in [0.4, 0.5) is 40.4 Å². The second-order valence-electron chi connectivity index (χ2n) is 15.0. The number of carboxylic acid groups (broad SMARTS) is 1. The predicted octanol–water partition coefficient (Wildman–Crippen LogP) is 7.65. The highest BCUT2D eigenvalue weighted by Gasteiger charge is 2.41. The van der Waals surface area contributed by atoms with Gasteiger partial charge in [0, 0.05) is 37.1 Å². The lowest BCUT2D eigenvalue weighted by Gasteiger charge is -2.28. The largest absolute Gasteiger partial charge is 0.464 e. The minimum Gasteiger partial charge on any atom is -0.464 e. The number of anilines is 3. The molecule has 0 unspecified atom stereocenters. The second kappa shape index (κ2) is 15.0. The number of imide groups is 1. The Morgan fingerprint density at radius 1 is 1.07 bits per heavy atom. The smallest absolute Gasteiger partial charge is 0.425 e. The molecule has 0 spiro atoms. The molecule has 1 aliphatic carbocycles. The summed E-state index contributed by atoms with van der Waals surface area (Å²) in [7, 11) is -2.72. The van der Waals surface area contributed by atoms with Crippen molar-refractivity contribution in [1.29, 1.82) is 0 Å². The molecule has 1 fully saturated rings. The molecule has 0 radical (unpaired) electrons. The molecule has 2 atom stereocenters. The van der Waals surface area contributed by atoms with E-state index in [1.807, 2.05) is 13.8 Å². The molecular weight excluding hydrogens is 753 g/mol. The molecule has 0 saturated heterocycles. The van der Waals surface area contributed by atoms with Gasteiger partial charge in [-0.2, -0.15) is 4.90 Å². The maximum absolute atomic E-state index is 16.2. The van der Waals surface area contributed by atoms with Gasteiger partial charge in [0.2, 0.25) is 5.91 Å². The van der Waals surface area contributed by atoms with Crippen LogP contribution in [-0.4, -0.2) is 72.1 Å². The lowest BCUT2D eigenvalue weighted by molar-refractivity contribution is -0.131. The first-order valence-corrected chi connectivity index (χ1v) is 19.3. The zero-order valence-corrected chi connectivity index (χ0v) is 32.3. The Kier molecular flexibility index (Phi) is 10.7. The number of aromatic nitrogens is 1. The minimum atomic E-state index is -4.12. The van der Waals surface area contributed by atoms with Gasteiger partial charge in [-0.3, -0.25) is 10.1 Å². The third-order valence-electron chi connectivity index (χ3n) is 9.35. The Morgan fingerprint density at radius 2 is 1.79 bits per heavy atom. The number of sulfone groups is 1. The Morgan fingerprint density at radius 3 is 2.43 bits per heavy atom. The average molecular weight is 794 g/mol. The summed E-state index contributed by atoms with van der Waals surface area (Å²) in [6, 6.07) is 10.1. The topological polar surface area (TPSA) is 185 Å². The lowest BCUT2D eigenvalue weighted by atomic mass is 9.93. The number of halogens is 2. The number of nitrogens with zero attached hydrogens (tertiary/aromatic N) is 3. The molecule has 3 N–H and O–H groups in total. The van der Waals surface area contributed by atoms with Gasteiger partial charge in [0.1, 0.15) is 28.2 Å². The van der Waals surface area contributed by atoms with E-state index in [0.29, 0.717) is 18.4 Å². The van der Waals surface area contributed by atoms with Gasteiger partial charge in [0.25, 0.3) is 0 Å². The lowest BCUT2D eigenvalue weighted by Crippen LogP contribution is -2.40. The zero-order chi connectivity index (χ0) is 40.9. The first-order chi connectivity index (χ1) is 26.2. The van der Waals surface area contributed by atoms with Crippen LogP contribution in [0.5, 0.6) is 0 Å². The Labute approximate surface area is 321 Å². The summed E-state index contributed by atoms with van der Waals surface area (Å²) >= 11 is 0. The quantitative estimate of drug-likeness (QED) is 0.180. The van der Waals surface area contributed by atoms with E-state index in [9.17, 15) is 32.7 Å². The van der Waals surface area contributed by atoms with Crippen LogP contribution >= 0.6 is 0 Å². The summed E-state index contributed by atoms with van der Waals surface area (Å²) in [6.07, 6.45) is -2.00. The van der Waals surface area contributed by atoms with Crippen molar-refractivity contribution in [3.05, 3.63) is 88.6 Å². The van der Waals surface area contributed by atoms with Crippen molar-refractivity contribution in [3.63, 3.8) is 0 Å². The molecule has 17 heteroatoms. The number of likely N-dealkylation sites (N-methyl/N-ethyl adjacent to an activating group) is 1. The summed E-state index contributed by atoms with van der Waals surface area (Å²) in [5.74, 6) is -3.51. The molecule has 3 aliphatic rings. The normalized spacial score (nSPS) is 18.0. The monoisotopic (exact) mass is 793 g/mol. The number of hydrogen-bond donors (Lipinski definition) is 3. The van der Waals surface area contributed by atoms with E-state index in [1.165, 1.54) is 36.3 Å². The van der Waals surface area contributed by atoms with E-state index < -0.39 is 79.8 Å². The molecule has 56 heavy (non-hydrogen) atoms. The van der Waals surface area contributed by atoms with E-state index in [4.69, 9.17) is 9.47 Å². The van der Waals surface area contributed by atoms with Crippen LogP contribution in [0.15, 0.2) is 59.6 Å². The third kappa shape index (κ3) is 8.22. The van der Waals surface area contributed by atoms with Crippen LogP contribution < -0.4 is 15.5 Å². The number of aryl methyl sites for hydroxylation is 1. The zero-order valence-electron chi connectivity index (χ0n) is 31.5. The van der Waals surface area contributed by atoms with Crippen molar-refractivity contribution < 1.29 is 51.0 Å². The maximum Gasteiger partial charge on any atom is 0.425 e. The first kappa shape index (κ1) is 39.8. The molecule has 1 saturated carbocycles. The van der Waals surface area contributed by atoms with Gasteiger partial charge in [-0.1, -0.05) is 25.1 Å². The molecule has 4 bridgehead atoms. The van der Waals surface area contributed by atoms with Crippen LogP contribution in [0.25, 0.3) is 10.8 Å². The van der Waals surface area contributed by atoms with E-state index in [1.54, 1.807) is 39.0 Å². The summed E-state index contributed by atoms with van der Waals surface area (Å²) < 4.78 is 69.5. The molecule has 4 aromatic rings. The number of rotatable bonds is 5. The van der Waals surface area contributed by atoms with Crippen molar-refractivity contribution >= 4 is 62.0 Å². The summed E-state index contributed by atoms with van der Waals surface area (Å²) in [5, 5.41) is 14.5. The maximum atomic E-state index is 16.2. The van der Waals surface area contributed by atoms with Crippen LogP contribution in [0, 0.1) is 18.6 Å². The van der Waals surface area contributed by atoms with E-state index >= 15 is 8.78 Å². The first-order valence-electron chi connectivity index (χ1n) is 17.7. The highest BCUT2D eigenvalue weighted by Crippen LogP contribution is 2.39. The van der Waals surface area contributed by atoms with Gasteiger partial charge >= 0.3 is 18.3 Å². The number of hydrogen-bond acceptors (Lipinski definition) is 10. The van der Waals surface area contributed by atoms with Crippen molar-refractivity contribution in [2.75, 3.05) is 29.2 Å². The third-order valence-corrected chi connectivity index (χ3v) is 11.7. The van der Waals surface area contributed by atoms with E-state index in [2.05, 4.69) is 15.6 Å². The minimum absolute atomic E-state index is 0.0563. The van der Waals surface area contributed by atoms with Gasteiger partial charge in [0.05, 0.1) is 17.2 Å². The number of fused-ring (bicyclic) bond motifs is 10. The number of pyridine rings is 1. The van der Waals surface area contributed by atoms with Crippen LogP contribution in [0.3, 0.4) is 0 Å². The van der Waals surface area contributed by atoms with E-state index in [-0.39, 0.29) is 45.1 Å². The van der Waals surface area contributed by atoms with Gasteiger partial charge in [-0.05, 0) is 98.5 Å². The van der Waals surface area contributed by atoms with Crippen LogP contribution in [0.2, 0.25) is 0 Å². The van der Waals surface area contributed by atoms with Crippen LogP contribution in [-0.2, 0) is 30.7 Å². The highest BCUT2D eigenvalue weighted by molar-refractivity contribution is 7.92. The number of amides is 4. The molecule has 3 heterocycles. The standard InChI is InChI=1S/C39H41F2N5O9S/c1-20-13-23-7-10-28(20)21(2)19-54-36(48)44-26-15-24(33(30(41)17-26)56(52,53)27-8-9-27)18-45(6)35(47)32(23)43-25-14-22-11-12-42-34(31(22)29(40)16-25)46(37(49)50)38(51)55-39(3,4)5/h7,10-17,21,27,32,43H,8-9,18-19H2,1-6H3,(H,44,48)(H,49,50)/t21-,32+/m0/s1. The fourth-order valence-electron chi connectivity index (χ4n) is 6.65. The number of carbonyl (C=O) groups excluding carboxylic acids is 3. The van der Waals surface area contributed by atoms with Crippen molar-refractivity contribution in [2.24, 2.45) is 0 Å². The number of benzene rings is 3. The van der Waals surface area contributed by atoms with Crippen molar-refractivity contribution in [1.82, 2.24) is 9.88 Å². The van der Waals surface area contributed by atoms with Crippen LogP contribution in [0.1, 0.15) is 74.8 Å². The summed E-state index contributed by atoms with van der Waals surface area (Å²) in [5.41, 5.74) is 0.862. The highest BCUT2D eigenvalue weighted by atomic mass is 32.2. The Hall–Kier alpha value is -5.84. The molecular formula is C39H41F2N5O9S. The number of ether oxygens (including phenoxy) is 2. The summed E-state index contributed by atoms with van der Waals surface area (Å²) in [4.78, 5) is 57.3. The molecule has 7 rings (SSSR count). The molecule has 3 aromatic carbocycles. The van der Waals surface area contributed by atoms with Gasteiger partial charge in [0.15, 0.2) is 15.7 Å². The molecule has 2 aliphatic heterocycles. The molecule has 14 nitrogen and oxygen atoms in total. The van der Waals surface area contributed by atoms with Gasteiger partial charge in [-0.15, -0.1) is 0 Å². The second-order valence-corrected chi connectivity index (χ2v) is 17.2. The Bertz CT molecular complexity index is 2380. The number of carbonyl (C=O) groups is 4. The average Bonchev–Trinajstić information content (AvgIpc) is 3.94. The fraction of sp³-hybridized carbons (Fsp3) is 0.359. The predicted molar refractivity (Wildman–Crippen MR) is 202 cm³/mol. The Balaban J connectivity index is 1.44. The molecule has 1 aromatic heterocycles. The van der Waals surface area contributed by atoms with Crippen molar-refractivity contribution in [2.45, 2.75) is 81.7 Å². The molecule has 296 valence electrons. The SMILES string of the molecule is Cc1cc2ccc1[C@@H](C)COC(=O)Nc1cc(F)c(S(=O)(=O)C3CC3)c(c1)CN(C)C(=O)[C@@H]2Nc1cc(F)c2c(N(C(=O)O)C(=O)OC(C)(C)C)nccc2c1. The van der Waals surface area contributed by atoms with E-state index in [0.717, 1.165) is 23.3 Å².